The largest absolute Gasteiger partial charge is 0.444 e. The van der Waals surface area contributed by atoms with E-state index in [4.69, 9.17) is 10.5 Å². The van der Waals surface area contributed by atoms with Gasteiger partial charge in [-0.1, -0.05) is 13.0 Å². The fourth-order valence-corrected chi connectivity index (χ4v) is 3.42. The van der Waals surface area contributed by atoms with Crippen LogP contribution in [0.25, 0.3) is 5.69 Å². The number of benzene rings is 1. The molecule has 2 atom stereocenters. The van der Waals surface area contributed by atoms with Gasteiger partial charge in [-0.15, -0.1) is 0 Å². The van der Waals surface area contributed by atoms with Crippen LogP contribution in [0.4, 0.5) is 26.5 Å². The number of pyridine rings is 1. The fourth-order valence-electron chi connectivity index (χ4n) is 3.42. The van der Waals surface area contributed by atoms with E-state index in [1.165, 1.54) is 4.80 Å². The van der Waals surface area contributed by atoms with E-state index in [0.29, 0.717) is 17.8 Å². The Morgan fingerprint density at radius 3 is 2.47 bits per heavy atom. The van der Waals surface area contributed by atoms with Crippen LogP contribution in [0.3, 0.4) is 0 Å². The van der Waals surface area contributed by atoms with Gasteiger partial charge in [-0.05, 0) is 58.4 Å². The Morgan fingerprint density at radius 2 is 1.86 bits per heavy atom. The molecule has 0 saturated carbocycles. The van der Waals surface area contributed by atoms with E-state index in [1.807, 2.05) is 6.92 Å². The maximum atomic E-state index is 14.9. The summed E-state index contributed by atoms with van der Waals surface area (Å²) in [7, 11) is 0. The van der Waals surface area contributed by atoms with E-state index in [1.54, 1.807) is 64.4 Å². The van der Waals surface area contributed by atoms with Crippen molar-refractivity contribution < 1.29 is 18.7 Å². The highest BCUT2D eigenvalue weighted by Gasteiger charge is 2.24. The van der Waals surface area contributed by atoms with Crippen LogP contribution in [0.15, 0.2) is 42.7 Å². The van der Waals surface area contributed by atoms with Crippen LogP contribution in [0.5, 0.6) is 0 Å². The first kappa shape index (κ1) is 26.4. The van der Waals surface area contributed by atoms with Gasteiger partial charge in [-0.25, -0.2) is 14.2 Å². The highest BCUT2D eigenvalue weighted by Crippen LogP contribution is 2.26. The lowest BCUT2D eigenvalue weighted by Gasteiger charge is -2.27. The van der Waals surface area contributed by atoms with Gasteiger partial charge in [-0.2, -0.15) is 15.0 Å². The zero-order chi connectivity index (χ0) is 26.5. The molecule has 0 saturated heterocycles. The lowest BCUT2D eigenvalue weighted by atomic mass is 10.1. The van der Waals surface area contributed by atoms with Crippen molar-refractivity contribution in [1.82, 2.24) is 25.3 Å². The van der Waals surface area contributed by atoms with E-state index in [0.717, 1.165) is 6.07 Å². The smallest absolute Gasteiger partial charge is 0.407 e. The van der Waals surface area contributed by atoms with Crippen LogP contribution in [-0.4, -0.2) is 49.7 Å². The minimum Gasteiger partial charge on any atom is -0.444 e. The molecule has 2 aromatic heterocycles. The number of anilines is 3. The number of halogens is 1. The first-order valence-corrected chi connectivity index (χ1v) is 11.5. The van der Waals surface area contributed by atoms with E-state index >= 15 is 0 Å². The first-order chi connectivity index (χ1) is 17.0. The standard InChI is InChI=1S/C24H31FN8O3/c1-6-19(14(2)29-23(35)36-24(3,4)5)31-22-18(25)13-17(20(26)34)21(32-22)30-15-8-7-9-16(12-15)33-27-10-11-28-33/h7-14,19H,6H2,1-5H3,(H2,26,34)(H,29,35)(H2,30,31,32)/t14-,19+/m0/s1. The monoisotopic (exact) mass is 498 g/mol. The third kappa shape index (κ3) is 6.90. The number of amides is 2. The normalized spacial score (nSPS) is 12.9. The number of nitrogens with one attached hydrogen (secondary N) is 3. The van der Waals surface area contributed by atoms with Gasteiger partial charge in [0.05, 0.1) is 23.6 Å². The Bertz CT molecular complexity index is 1210. The topological polar surface area (TPSA) is 149 Å². The molecule has 0 unspecified atom stereocenters. The lowest BCUT2D eigenvalue weighted by Crippen LogP contribution is -2.46. The van der Waals surface area contributed by atoms with Gasteiger partial charge in [0.1, 0.15) is 11.4 Å². The van der Waals surface area contributed by atoms with Crippen LogP contribution in [0.1, 0.15) is 51.4 Å². The summed E-state index contributed by atoms with van der Waals surface area (Å²) >= 11 is 0. The lowest BCUT2D eigenvalue weighted by molar-refractivity contribution is 0.0503. The number of aromatic nitrogens is 4. The minimum absolute atomic E-state index is 0.0691. The number of rotatable bonds is 9. The average Bonchev–Trinajstić information content (AvgIpc) is 3.32. The van der Waals surface area contributed by atoms with Crippen molar-refractivity contribution >= 4 is 29.3 Å². The molecule has 2 heterocycles. The number of alkyl carbamates (subject to hydrolysis) is 1. The maximum Gasteiger partial charge on any atom is 0.407 e. The molecule has 0 aliphatic heterocycles. The molecular formula is C24H31FN8O3. The summed E-state index contributed by atoms with van der Waals surface area (Å²) in [5.74, 6) is -1.63. The zero-order valence-electron chi connectivity index (χ0n) is 20.9. The van der Waals surface area contributed by atoms with Crippen LogP contribution < -0.4 is 21.7 Å². The zero-order valence-corrected chi connectivity index (χ0v) is 20.9. The van der Waals surface area contributed by atoms with Gasteiger partial charge in [-0.3, -0.25) is 4.79 Å². The van der Waals surface area contributed by atoms with E-state index in [2.05, 4.69) is 31.1 Å². The van der Waals surface area contributed by atoms with Gasteiger partial charge >= 0.3 is 6.09 Å². The molecule has 5 N–H and O–H groups in total. The third-order valence-corrected chi connectivity index (χ3v) is 5.11. The van der Waals surface area contributed by atoms with Crippen LogP contribution in [-0.2, 0) is 4.74 Å². The fraction of sp³-hybridized carbons (Fsp3) is 0.375. The van der Waals surface area contributed by atoms with E-state index in [9.17, 15) is 14.0 Å². The predicted molar refractivity (Wildman–Crippen MR) is 134 cm³/mol. The molecule has 3 aromatic rings. The molecule has 3 rings (SSSR count). The molecule has 0 fully saturated rings. The van der Waals surface area contributed by atoms with Crippen molar-refractivity contribution in [2.75, 3.05) is 10.6 Å². The SMILES string of the molecule is CC[C@@H](Nc1nc(Nc2cccc(-n3nccn3)c2)c(C(N)=O)cc1F)[C@H](C)NC(=O)OC(C)(C)C. The van der Waals surface area contributed by atoms with E-state index < -0.39 is 29.5 Å². The van der Waals surface area contributed by atoms with Gasteiger partial charge < -0.3 is 26.4 Å². The first-order valence-electron chi connectivity index (χ1n) is 11.5. The Morgan fingerprint density at radius 1 is 1.17 bits per heavy atom. The van der Waals surface area contributed by atoms with Crippen molar-refractivity contribution in [2.24, 2.45) is 5.73 Å². The Balaban J connectivity index is 1.85. The number of nitrogens with two attached hydrogens (primary N) is 1. The summed E-state index contributed by atoms with van der Waals surface area (Å²) in [6, 6.07) is 7.28. The van der Waals surface area contributed by atoms with Gasteiger partial charge in [0.2, 0.25) is 0 Å². The second-order valence-corrected chi connectivity index (χ2v) is 9.17. The number of primary amides is 1. The second kappa shape index (κ2) is 11.0. The number of hydrogen-bond donors (Lipinski definition) is 4. The predicted octanol–water partition coefficient (Wildman–Crippen LogP) is 3.75. The number of carbonyl (C=O) groups is 2. The third-order valence-electron chi connectivity index (χ3n) is 5.11. The number of carbonyl (C=O) groups excluding carboxylic acids is 2. The van der Waals surface area contributed by atoms with Crippen molar-refractivity contribution in [1.29, 1.82) is 0 Å². The molecule has 12 heteroatoms. The Hall–Kier alpha value is -4.22. The molecule has 2 amide bonds. The molecule has 11 nitrogen and oxygen atoms in total. The number of hydrogen-bond acceptors (Lipinski definition) is 8. The van der Waals surface area contributed by atoms with Crippen LogP contribution in [0, 0.1) is 5.82 Å². The quantitative estimate of drug-likeness (QED) is 0.348. The van der Waals surface area contributed by atoms with Gasteiger partial charge in [0.25, 0.3) is 5.91 Å². The Kier molecular flexibility index (Phi) is 8.07. The summed E-state index contributed by atoms with van der Waals surface area (Å²) in [6.45, 7) is 8.95. The van der Waals surface area contributed by atoms with Crippen molar-refractivity contribution in [2.45, 2.75) is 58.7 Å². The van der Waals surface area contributed by atoms with Crippen LogP contribution in [0.2, 0.25) is 0 Å². The van der Waals surface area contributed by atoms with Crippen molar-refractivity contribution in [3.05, 3.63) is 54.1 Å². The number of ether oxygens (including phenoxy) is 1. The van der Waals surface area contributed by atoms with Crippen molar-refractivity contribution in [3.63, 3.8) is 0 Å². The Labute approximate surface area is 208 Å². The van der Waals surface area contributed by atoms with Crippen LogP contribution >= 0.6 is 0 Å². The van der Waals surface area contributed by atoms with Gasteiger partial charge in [0, 0.05) is 17.8 Å². The highest BCUT2D eigenvalue weighted by molar-refractivity contribution is 5.98. The molecule has 1 aromatic carbocycles. The molecule has 192 valence electrons. The average molecular weight is 499 g/mol. The van der Waals surface area contributed by atoms with Gasteiger partial charge in [0.15, 0.2) is 11.6 Å². The molecule has 0 spiro atoms. The number of nitrogens with zero attached hydrogens (tertiary/aromatic N) is 4. The summed E-state index contributed by atoms with van der Waals surface area (Å²) in [4.78, 5) is 29.9. The molecule has 0 bridgehead atoms. The molecule has 36 heavy (non-hydrogen) atoms. The molecular weight excluding hydrogens is 467 g/mol. The van der Waals surface area contributed by atoms with E-state index in [-0.39, 0.29) is 23.2 Å². The molecule has 0 aliphatic rings. The molecule has 0 aliphatic carbocycles. The minimum atomic E-state index is -0.840. The summed E-state index contributed by atoms with van der Waals surface area (Å²) < 4.78 is 20.2. The van der Waals surface area contributed by atoms with Crippen molar-refractivity contribution in [3.8, 4) is 5.69 Å². The molecule has 0 radical (unpaired) electrons. The summed E-state index contributed by atoms with van der Waals surface area (Å²) in [6.07, 6.45) is 3.06. The summed E-state index contributed by atoms with van der Waals surface area (Å²) in [5.41, 5.74) is 5.94. The second-order valence-electron chi connectivity index (χ2n) is 9.17. The summed E-state index contributed by atoms with van der Waals surface area (Å²) in [5, 5.41) is 17.0. The maximum absolute atomic E-state index is 14.9. The highest BCUT2D eigenvalue weighted by atomic mass is 19.1.